The summed E-state index contributed by atoms with van der Waals surface area (Å²) < 4.78 is 34.4. The standard InChI is InChI=1S/C16H20O6S/c1-4-13-7-5-6-8-15(13)23(19,20)22-10-9-14(16(17)18)21-11-12(2)3/h4-8,14H,1-2,9-11H2,3H3,(H,17,18). The molecule has 0 spiro atoms. The average molecular weight is 340 g/mol. The molecule has 1 aromatic carbocycles. The number of hydrogen-bond donors (Lipinski definition) is 1. The molecule has 0 heterocycles. The fraction of sp³-hybridized carbons (Fsp3) is 0.312. The number of rotatable bonds is 10. The van der Waals surface area contributed by atoms with Crippen LogP contribution >= 0.6 is 0 Å². The van der Waals surface area contributed by atoms with E-state index in [-0.39, 0.29) is 24.5 Å². The molecule has 23 heavy (non-hydrogen) atoms. The molecule has 0 bridgehead atoms. The van der Waals surface area contributed by atoms with Gasteiger partial charge in [-0.1, -0.05) is 43.0 Å². The summed E-state index contributed by atoms with van der Waals surface area (Å²) in [6.45, 7) is 8.64. The van der Waals surface area contributed by atoms with Gasteiger partial charge in [-0.25, -0.2) is 4.79 Å². The molecule has 0 fully saturated rings. The van der Waals surface area contributed by atoms with E-state index in [1.807, 2.05) is 0 Å². The van der Waals surface area contributed by atoms with Crippen molar-refractivity contribution in [3.8, 4) is 0 Å². The number of carboxylic acids is 1. The minimum Gasteiger partial charge on any atom is -0.479 e. The summed E-state index contributed by atoms with van der Waals surface area (Å²) in [5.74, 6) is -1.18. The molecule has 0 aliphatic heterocycles. The quantitative estimate of drug-likeness (QED) is 0.520. The Balaban J connectivity index is 2.70. The van der Waals surface area contributed by atoms with E-state index in [4.69, 9.17) is 14.0 Å². The Kier molecular flexibility index (Phi) is 7.15. The number of carbonyl (C=O) groups is 1. The van der Waals surface area contributed by atoms with Gasteiger partial charge in [0.1, 0.15) is 4.90 Å². The van der Waals surface area contributed by atoms with E-state index in [1.54, 1.807) is 25.1 Å². The topological polar surface area (TPSA) is 89.9 Å². The summed E-state index contributed by atoms with van der Waals surface area (Å²) in [6, 6.07) is 6.25. The fourth-order valence-electron chi connectivity index (χ4n) is 1.73. The van der Waals surface area contributed by atoms with E-state index >= 15 is 0 Å². The first-order valence-corrected chi connectivity index (χ1v) is 8.28. The molecule has 0 amide bonds. The fourth-order valence-corrected chi connectivity index (χ4v) is 2.85. The third-order valence-electron chi connectivity index (χ3n) is 2.83. The molecule has 1 atom stereocenters. The Bertz CT molecular complexity index is 678. The van der Waals surface area contributed by atoms with E-state index in [2.05, 4.69) is 13.2 Å². The van der Waals surface area contributed by atoms with Gasteiger partial charge in [-0.3, -0.25) is 4.18 Å². The minimum absolute atomic E-state index is 0.00951. The van der Waals surface area contributed by atoms with Gasteiger partial charge in [-0.2, -0.15) is 8.42 Å². The highest BCUT2D eigenvalue weighted by atomic mass is 32.2. The van der Waals surface area contributed by atoms with Gasteiger partial charge in [-0.15, -0.1) is 0 Å². The Labute approximate surface area is 136 Å². The van der Waals surface area contributed by atoms with Crippen LogP contribution in [-0.4, -0.2) is 38.8 Å². The van der Waals surface area contributed by atoms with Crippen LogP contribution in [0.5, 0.6) is 0 Å². The maximum absolute atomic E-state index is 12.2. The number of carboxylic acid groups (broad SMARTS) is 1. The van der Waals surface area contributed by atoms with Crippen molar-refractivity contribution in [3.63, 3.8) is 0 Å². The monoisotopic (exact) mass is 340 g/mol. The van der Waals surface area contributed by atoms with E-state index < -0.39 is 22.2 Å². The maximum atomic E-state index is 12.2. The summed E-state index contributed by atoms with van der Waals surface area (Å²) in [4.78, 5) is 11.1. The summed E-state index contributed by atoms with van der Waals surface area (Å²) in [6.07, 6.45) is 0.154. The second-order valence-corrected chi connectivity index (χ2v) is 6.49. The lowest BCUT2D eigenvalue weighted by Crippen LogP contribution is -2.26. The Morgan fingerprint density at radius 3 is 2.61 bits per heavy atom. The van der Waals surface area contributed by atoms with Crippen LogP contribution in [0.15, 0.2) is 47.9 Å². The first-order chi connectivity index (χ1) is 10.8. The van der Waals surface area contributed by atoms with Crippen LogP contribution in [0.4, 0.5) is 0 Å². The van der Waals surface area contributed by atoms with Crippen molar-refractivity contribution in [2.24, 2.45) is 0 Å². The lowest BCUT2D eigenvalue weighted by atomic mass is 10.2. The largest absolute Gasteiger partial charge is 0.479 e. The Morgan fingerprint density at radius 1 is 1.39 bits per heavy atom. The first kappa shape index (κ1) is 19.1. The van der Waals surface area contributed by atoms with Crippen LogP contribution in [0.2, 0.25) is 0 Å². The van der Waals surface area contributed by atoms with Crippen LogP contribution in [-0.2, 0) is 23.8 Å². The number of benzene rings is 1. The zero-order valence-electron chi connectivity index (χ0n) is 12.9. The molecule has 1 N–H and O–H groups in total. The number of aliphatic carboxylic acids is 1. The molecule has 126 valence electrons. The molecule has 0 aliphatic carbocycles. The molecule has 0 aromatic heterocycles. The van der Waals surface area contributed by atoms with Gasteiger partial charge >= 0.3 is 5.97 Å². The van der Waals surface area contributed by atoms with Crippen LogP contribution in [0.25, 0.3) is 6.08 Å². The normalized spacial score (nSPS) is 12.6. The highest BCUT2D eigenvalue weighted by molar-refractivity contribution is 7.86. The predicted octanol–water partition coefficient (Wildman–Crippen LogP) is 2.47. The summed E-state index contributed by atoms with van der Waals surface area (Å²) >= 11 is 0. The molecule has 7 heteroatoms. The van der Waals surface area contributed by atoms with E-state index in [9.17, 15) is 13.2 Å². The van der Waals surface area contributed by atoms with Crippen molar-refractivity contribution >= 4 is 22.2 Å². The molecule has 1 aromatic rings. The molecule has 1 unspecified atom stereocenters. The second-order valence-electron chi connectivity index (χ2n) is 4.90. The molecule has 0 saturated heterocycles. The zero-order valence-corrected chi connectivity index (χ0v) is 13.7. The lowest BCUT2D eigenvalue weighted by molar-refractivity contribution is -0.150. The van der Waals surface area contributed by atoms with Crippen molar-refractivity contribution in [2.75, 3.05) is 13.2 Å². The lowest BCUT2D eigenvalue weighted by Gasteiger charge is -2.14. The van der Waals surface area contributed by atoms with Crippen LogP contribution in [0.1, 0.15) is 18.9 Å². The third kappa shape index (κ3) is 5.97. The van der Waals surface area contributed by atoms with Crippen molar-refractivity contribution in [2.45, 2.75) is 24.3 Å². The van der Waals surface area contributed by atoms with Crippen molar-refractivity contribution < 1.29 is 27.2 Å². The highest BCUT2D eigenvalue weighted by Gasteiger charge is 2.22. The smallest absolute Gasteiger partial charge is 0.332 e. The van der Waals surface area contributed by atoms with Crippen molar-refractivity contribution in [1.29, 1.82) is 0 Å². The summed E-state index contributed by atoms with van der Waals surface area (Å²) in [7, 11) is -3.99. The Hall–Kier alpha value is -1.96. The highest BCUT2D eigenvalue weighted by Crippen LogP contribution is 2.19. The van der Waals surface area contributed by atoms with Gasteiger partial charge in [0, 0.05) is 6.42 Å². The van der Waals surface area contributed by atoms with Gasteiger partial charge in [0.15, 0.2) is 6.10 Å². The van der Waals surface area contributed by atoms with Gasteiger partial charge in [-0.05, 0) is 18.6 Å². The van der Waals surface area contributed by atoms with Crippen molar-refractivity contribution in [3.05, 3.63) is 48.6 Å². The molecule has 1 rings (SSSR count). The molecule has 6 nitrogen and oxygen atoms in total. The minimum atomic E-state index is -3.99. The summed E-state index contributed by atoms with van der Waals surface area (Å²) in [5, 5.41) is 9.04. The Morgan fingerprint density at radius 2 is 2.04 bits per heavy atom. The van der Waals surface area contributed by atoms with Gasteiger partial charge < -0.3 is 9.84 Å². The molecular formula is C16H20O6S. The van der Waals surface area contributed by atoms with E-state index in [1.165, 1.54) is 12.1 Å². The maximum Gasteiger partial charge on any atom is 0.332 e. The predicted molar refractivity (Wildman–Crippen MR) is 86.5 cm³/mol. The molecule has 0 radical (unpaired) electrons. The SMILES string of the molecule is C=Cc1ccccc1S(=O)(=O)OCCC(OCC(=C)C)C(=O)O. The van der Waals surface area contributed by atoms with Crippen LogP contribution in [0, 0.1) is 0 Å². The second kappa shape index (κ2) is 8.61. The van der Waals surface area contributed by atoms with Gasteiger partial charge in [0.05, 0.1) is 13.2 Å². The summed E-state index contributed by atoms with van der Waals surface area (Å²) in [5.41, 5.74) is 1.09. The third-order valence-corrected chi connectivity index (χ3v) is 4.22. The molecular weight excluding hydrogens is 320 g/mol. The van der Waals surface area contributed by atoms with Crippen molar-refractivity contribution in [1.82, 2.24) is 0 Å². The van der Waals surface area contributed by atoms with Gasteiger partial charge in [0.2, 0.25) is 0 Å². The van der Waals surface area contributed by atoms with Crippen LogP contribution < -0.4 is 0 Å². The van der Waals surface area contributed by atoms with Crippen LogP contribution in [0.3, 0.4) is 0 Å². The molecule has 0 aliphatic rings. The molecule has 0 saturated carbocycles. The van der Waals surface area contributed by atoms with E-state index in [0.29, 0.717) is 11.1 Å². The number of ether oxygens (including phenoxy) is 1. The first-order valence-electron chi connectivity index (χ1n) is 6.87. The average Bonchev–Trinajstić information content (AvgIpc) is 2.49. The van der Waals surface area contributed by atoms with E-state index in [0.717, 1.165) is 0 Å². The zero-order chi connectivity index (χ0) is 17.5. The van der Waals surface area contributed by atoms with Gasteiger partial charge in [0.25, 0.3) is 10.1 Å². The number of hydrogen-bond acceptors (Lipinski definition) is 5.